The van der Waals surface area contributed by atoms with Crippen LogP contribution >= 0.6 is 0 Å². The smallest absolute Gasteiger partial charge is 0.407 e. The van der Waals surface area contributed by atoms with Crippen LogP contribution in [0.5, 0.6) is 0 Å². The number of nitrogens with zero attached hydrogens (tertiary/aromatic N) is 3. The Morgan fingerprint density at radius 3 is 2.02 bits per heavy atom. The van der Waals surface area contributed by atoms with Crippen LogP contribution in [0.3, 0.4) is 0 Å². The number of hydrogen-bond acceptors (Lipinski definition) is 15. The predicted molar refractivity (Wildman–Crippen MR) is 186 cm³/mol. The molecule has 0 saturated carbocycles. The van der Waals surface area contributed by atoms with Gasteiger partial charge in [0.1, 0.15) is 32.0 Å². The van der Waals surface area contributed by atoms with E-state index in [9.17, 15) is 29.5 Å². The number of esters is 4. The predicted octanol–water partition coefficient (Wildman–Crippen LogP) is 3.34. The van der Waals surface area contributed by atoms with E-state index in [1.165, 1.54) is 14.0 Å². The number of carbonyl (C=O) groups is 5. The molecule has 0 radical (unpaired) electrons. The van der Waals surface area contributed by atoms with Crippen LogP contribution in [-0.2, 0) is 61.8 Å². The Balaban J connectivity index is 1.56. The van der Waals surface area contributed by atoms with Gasteiger partial charge in [-0.15, -0.1) is 0 Å². The Morgan fingerprint density at radius 2 is 1.43 bits per heavy atom. The van der Waals surface area contributed by atoms with Crippen LogP contribution < -0.4 is 5.32 Å². The number of benzene rings is 2. The first-order valence-electron chi connectivity index (χ1n) is 17.1. The normalized spacial score (nSPS) is 21.2. The molecule has 1 amide bonds. The fraction of sp³-hybridized carbons (Fsp3) is 0.528. The Morgan fingerprint density at radius 1 is 0.815 bits per heavy atom. The summed E-state index contributed by atoms with van der Waals surface area (Å²) in [6.07, 6.45) is -8.07. The van der Waals surface area contributed by atoms with Crippen molar-refractivity contribution in [1.82, 2.24) is 5.32 Å². The monoisotopic (exact) mass is 756 g/mol. The van der Waals surface area contributed by atoms with Crippen LogP contribution in [0.25, 0.3) is 21.6 Å². The molecule has 2 aromatic carbocycles. The Hall–Kier alpha value is -5.26. The van der Waals surface area contributed by atoms with E-state index in [4.69, 9.17) is 42.6 Å². The first-order chi connectivity index (χ1) is 25.9. The molecule has 2 aromatic rings. The molecule has 292 valence electrons. The van der Waals surface area contributed by atoms with Gasteiger partial charge in [0.2, 0.25) is 0 Å². The molecule has 54 heavy (non-hydrogen) atoms. The van der Waals surface area contributed by atoms with Gasteiger partial charge in [0, 0.05) is 38.7 Å². The molecule has 1 aliphatic heterocycles. The summed E-state index contributed by atoms with van der Waals surface area (Å²) in [5.74, 6) is -3.55. The lowest BCUT2D eigenvalue weighted by molar-refractivity contribution is -0.284. The van der Waals surface area contributed by atoms with E-state index in [1.807, 2.05) is 48.5 Å². The summed E-state index contributed by atoms with van der Waals surface area (Å²) in [5.41, 5.74) is 13.5. The average molecular weight is 757 g/mol. The lowest BCUT2D eigenvalue weighted by atomic mass is 9.96. The van der Waals surface area contributed by atoms with E-state index in [-0.39, 0.29) is 32.3 Å². The highest BCUT2D eigenvalue weighted by atomic mass is 16.7. The van der Waals surface area contributed by atoms with Crippen LogP contribution in [0, 0.1) is 0 Å². The van der Waals surface area contributed by atoms with Crippen molar-refractivity contribution in [2.75, 3.05) is 46.8 Å². The van der Waals surface area contributed by atoms with Gasteiger partial charge in [0.05, 0.1) is 25.9 Å². The van der Waals surface area contributed by atoms with Gasteiger partial charge in [-0.2, -0.15) is 0 Å². The SMILES string of the molecule is COCCOCCOC(=O)[C@@H](NC(=O)OCC1c2ccccc2-c2ccccc21)[C@@H](C)O[C@H]1O[C@H](COC(C)=O)[C@H](OC(C)=O)[C@H](OC(C)=O)[C@H]1N=[N+]=[N-]. The Labute approximate surface area is 311 Å². The van der Waals surface area contributed by atoms with Crippen LogP contribution in [0.1, 0.15) is 44.7 Å². The number of fused-ring (bicyclic) bond motifs is 3. The zero-order valence-corrected chi connectivity index (χ0v) is 30.5. The number of amides is 1. The summed E-state index contributed by atoms with van der Waals surface area (Å²) in [5, 5.41) is 6.21. The van der Waals surface area contributed by atoms with E-state index < -0.39 is 79.4 Å². The summed E-state index contributed by atoms with van der Waals surface area (Å²) < 4.78 is 49.4. The molecular formula is C36H44N4O14. The number of ether oxygens (including phenoxy) is 9. The van der Waals surface area contributed by atoms with Crippen molar-refractivity contribution in [3.05, 3.63) is 70.1 Å². The lowest BCUT2D eigenvalue weighted by Crippen LogP contribution is -2.62. The number of alkyl carbamates (subject to hydrolysis) is 1. The highest BCUT2D eigenvalue weighted by Crippen LogP contribution is 2.44. The molecule has 7 atom stereocenters. The maximum atomic E-state index is 13.5. The molecule has 1 saturated heterocycles. The zero-order chi connectivity index (χ0) is 39.2. The largest absolute Gasteiger partial charge is 0.463 e. The second-order valence-electron chi connectivity index (χ2n) is 12.3. The van der Waals surface area contributed by atoms with Gasteiger partial charge in [-0.3, -0.25) is 14.4 Å². The molecule has 0 spiro atoms. The van der Waals surface area contributed by atoms with Crippen molar-refractivity contribution >= 4 is 30.0 Å². The minimum atomic E-state index is -1.61. The fourth-order valence-corrected chi connectivity index (χ4v) is 6.14. The van der Waals surface area contributed by atoms with E-state index >= 15 is 0 Å². The summed E-state index contributed by atoms with van der Waals surface area (Å²) >= 11 is 0. The maximum Gasteiger partial charge on any atom is 0.407 e. The van der Waals surface area contributed by atoms with Gasteiger partial charge < -0.3 is 47.9 Å². The van der Waals surface area contributed by atoms with Crippen LogP contribution in [-0.4, -0.2) is 120 Å². The second-order valence-corrected chi connectivity index (χ2v) is 12.3. The van der Waals surface area contributed by atoms with Gasteiger partial charge in [0.25, 0.3) is 0 Å². The molecule has 1 heterocycles. The Kier molecular flexibility index (Phi) is 15.6. The van der Waals surface area contributed by atoms with Crippen LogP contribution in [0.2, 0.25) is 0 Å². The molecule has 0 aromatic heterocycles. The van der Waals surface area contributed by atoms with Crippen molar-refractivity contribution in [2.24, 2.45) is 5.11 Å². The number of nitrogens with one attached hydrogen (secondary N) is 1. The highest BCUT2D eigenvalue weighted by molar-refractivity contribution is 5.82. The first kappa shape index (κ1) is 41.5. The molecule has 18 heteroatoms. The zero-order valence-electron chi connectivity index (χ0n) is 30.5. The fourth-order valence-electron chi connectivity index (χ4n) is 6.14. The van der Waals surface area contributed by atoms with E-state index in [0.29, 0.717) is 6.61 Å². The molecular weight excluding hydrogens is 712 g/mol. The quantitative estimate of drug-likeness (QED) is 0.0575. The molecule has 2 aliphatic rings. The summed E-state index contributed by atoms with van der Waals surface area (Å²) in [6, 6.07) is 12.5. The van der Waals surface area contributed by atoms with Gasteiger partial charge in [-0.1, -0.05) is 53.6 Å². The van der Waals surface area contributed by atoms with Crippen molar-refractivity contribution in [2.45, 2.75) is 76.4 Å². The number of hydrogen-bond donors (Lipinski definition) is 1. The topological polar surface area (TPSA) is 229 Å². The molecule has 1 fully saturated rings. The number of methoxy groups -OCH3 is 1. The van der Waals surface area contributed by atoms with Gasteiger partial charge >= 0.3 is 30.0 Å². The Bertz CT molecular complexity index is 1640. The molecule has 18 nitrogen and oxygen atoms in total. The van der Waals surface area contributed by atoms with E-state index in [2.05, 4.69) is 15.3 Å². The molecule has 4 rings (SSSR count). The molecule has 0 bridgehead atoms. The average Bonchev–Trinajstić information content (AvgIpc) is 3.45. The van der Waals surface area contributed by atoms with E-state index in [1.54, 1.807) is 0 Å². The summed E-state index contributed by atoms with van der Waals surface area (Å²) in [4.78, 5) is 65.7. The highest BCUT2D eigenvalue weighted by Gasteiger charge is 2.51. The van der Waals surface area contributed by atoms with Crippen molar-refractivity contribution in [1.29, 1.82) is 0 Å². The summed E-state index contributed by atoms with van der Waals surface area (Å²) in [6.45, 7) is 4.56. The van der Waals surface area contributed by atoms with Gasteiger partial charge in [0.15, 0.2) is 24.5 Å². The standard InChI is InChI=1S/C36H44N4O14/c1-20(51-35-31(39-40-37)33(53-23(4)43)32(52-22(3)42)29(54-35)19-49-21(2)41)30(34(44)48-17-16-47-15-14-46-5)38-36(45)50-18-28-26-12-8-6-10-24(26)25-11-7-9-13-27(25)28/h6-13,20,28-33,35H,14-19H2,1-5H3,(H,38,45)/t20-,29-,30+,31-,32+,33-,35+/m1/s1. The lowest BCUT2D eigenvalue weighted by Gasteiger charge is -2.44. The van der Waals surface area contributed by atoms with Crippen molar-refractivity contribution in [3.8, 4) is 11.1 Å². The molecule has 1 aliphatic carbocycles. The van der Waals surface area contributed by atoms with E-state index in [0.717, 1.165) is 43.0 Å². The summed E-state index contributed by atoms with van der Waals surface area (Å²) in [7, 11) is 1.51. The second kappa shape index (κ2) is 20.3. The third-order valence-electron chi connectivity index (χ3n) is 8.45. The van der Waals surface area contributed by atoms with Crippen molar-refractivity contribution < 1.29 is 66.6 Å². The number of carbonyl (C=O) groups excluding carboxylic acids is 5. The minimum absolute atomic E-state index is 0.0200. The van der Waals surface area contributed by atoms with Crippen LogP contribution in [0.4, 0.5) is 4.79 Å². The molecule has 1 N–H and O–H groups in total. The van der Waals surface area contributed by atoms with Crippen LogP contribution in [0.15, 0.2) is 53.6 Å². The minimum Gasteiger partial charge on any atom is -0.463 e. The third kappa shape index (κ3) is 11.1. The number of azide groups is 1. The van der Waals surface area contributed by atoms with Gasteiger partial charge in [-0.05, 0) is 34.7 Å². The maximum absolute atomic E-state index is 13.5. The first-order valence-corrected chi connectivity index (χ1v) is 17.1. The molecule has 0 unspecified atom stereocenters. The third-order valence-corrected chi connectivity index (χ3v) is 8.45. The van der Waals surface area contributed by atoms with Crippen molar-refractivity contribution in [3.63, 3.8) is 0 Å². The van der Waals surface area contributed by atoms with Gasteiger partial charge in [-0.25, -0.2) is 9.59 Å². The number of rotatable bonds is 18.